The topological polar surface area (TPSA) is 115 Å². The number of carbonyl (C=O) groups is 1. The van der Waals surface area contributed by atoms with E-state index in [1.54, 1.807) is 24.3 Å². The Hall–Kier alpha value is -4.29. The second kappa shape index (κ2) is 9.89. The van der Waals surface area contributed by atoms with Crippen LogP contribution in [0.1, 0.15) is 23.2 Å². The molecule has 0 aromatic heterocycles. The van der Waals surface area contributed by atoms with E-state index in [-0.39, 0.29) is 5.43 Å². The molecule has 8 heteroatoms. The molecule has 2 aromatic rings. The number of unbranched alkanes of at least 4 members (excludes halogenated alkanes) is 1. The van der Waals surface area contributed by atoms with E-state index in [9.17, 15) is 9.59 Å². The first-order valence-electron chi connectivity index (χ1n) is 10.4. The summed E-state index contributed by atoms with van der Waals surface area (Å²) in [7, 11) is 1.34. The molecule has 0 spiro atoms. The average Bonchev–Trinajstić information content (AvgIpc) is 2.84. The molecule has 0 unspecified atom stereocenters. The molecule has 0 saturated carbocycles. The average molecular weight is 443 g/mol. The Morgan fingerprint density at radius 2 is 1.91 bits per heavy atom. The summed E-state index contributed by atoms with van der Waals surface area (Å²) in [6, 6.07) is 17.3. The van der Waals surface area contributed by atoms with Crippen LogP contribution in [-0.4, -0.2) is 26.2 Å². The van der Waals surface area contributed by atoms with Crippen LogP contribution in [0, 0.1) is 0 Å². The maximum Gasteiger partial charge on any atom is 0.338 e. The van der Waals surface area contributed by atoms with E-state index >= 15 is 0 Å². The Morgan fingerprint density at radius 3 is 2.73 bits per heavy atom. The van der Waals surface area contributed by atoms with E-state index in [2.05, 4.69) is 10.0 Å². The van der Waals surface area contributed by atoms with Gasteiger partial charge in [-0.05, 0) is 54.3 Å². The number of rotatable bonds is 8. The van der Waals surface area contributed by atoms with Crippen molar-refractivity contribution in [3.8, 4) is 28.2 Å². The van der Waals surface area contributed by atoms with Gasteiger partial charge in [0, 0.05) is 40.1 Å². The third-order valence-electron chi connectivity index (χ3n) is 5.25. The number of azide groups is 1. The number of hydrogen-bond acceptors (Lipinski definition) is 6. The Labute approximate surface area is 189 Å². The predicted octanol–water partition coefficient (Wildman–Crippen LogP) is 5.82. The minimum Gasteiger partial charge on any atom is -0.493 e. The summed E-state index contributed by atoms with van der Waals surface area (Å²) in [4.78, 5) is 27.2. The van der Waals surface area contributed by atoms with E-state index in [1.165, 1.54) is 19.2 Å². The number of nitrogens with zero attached hydrogens (tertiary/aromatic N) is 3. The van der Waals surface area contributed by atoms with Gasteiger partial charge in [0.2, 0.25) is 0 Å². The van der Waals surface area contributed by atoms with Crippen molar-refractivity contribution in [3.63, 3.8) is 0 Å². The fourth-order valence-corrected chi connectivity index (χ4v) is 3.74. The summed E-state index contributed by atoms with van der Waals surface area (Å²) in [5, 5.41) is 4.28. The summed E-state index contributed by atoms with van der Waals surface area (Å²) < 4.78 is 16.9. The quantitative estimate of drug-likeness (QED) is 0.0850. The van der Waals surface area contributed by atoms with Crippen molar-refractivity contribution >= 4 is 16.9 Å². The van der Waals surface area contributed by atoms with Crippen molar-refractivity contribution < 1.29 is 18.7 Å². The summed E-state index contributed by atoms with van der Waals surface area (Å²) in [5.74, 6) is 0.574. The molecular formula is C25H21N3O5. The molecule has 0 bridgehead atoms. The summed E-state index contributed by atoms with van der Waals surface area (Å²) in [6.07, 6.45) is 1.47. The van der Waals surface area contributed by atoms with Gasteiger partial charge in [0.05, 0.1) is 19.3 Å². The van der Waals surface area contributed by atoms with Crippen LogP contribution >= 0.6 is 0 Å². The number of carbonyl (C=O) groups excluding carboxylic acids is 1. The minimum absolute atomic E-state index is 0.176. The molecule has 0 atom stereocenters. The Balaban J connectivity index is 1.82. The van der Waals surface area contributed by atoms with Crippen LogP contribution in [0.3, 0.4) is 0 Å². The Kier molecular flexibility index (Phi) is 6.57. The molecule has 0 saturated heterocycles. The molecular weight excluding hydrogens is 422 g/mol. The SMILES string of the molecule is COC(=O)c1ccccc1-c1c2ccc(=O)cc-2oc2cc(OCCCCN=[N+]=[N-])ccc12. The first kappa shape index (κ1) is 21.9. The molecule has 33 heavy (non-hydrogen) atoms. The molecule has 1 heterocycles. The summed E-state index contributed by atoms with van der Waals surface area (Å²) >= 11 is 0. The predicted molar refractivity (Wildman–Crippen MR) is 125 cm³/mol. The summed E-state index contributed by atoms with van der Waals surface area (Å²) in [6.45, 7) is 0.891. The molecule has 2 aromatic carbocycles. The van der Waals surface area contributed by atoms with Gasteiger partial charge in [-0.25, -0.2) is 4.79 Å². The standard InChI is InChI=1S/C25H21N3O5/c1-31-25(30)19-7-3-2-6-18(19)24-20-10-8-16(29)14-22(20)33-23-15-17(9-11-21(23)24)32-13-5-4-12-27-28-26/h2-3,6-11,14-15H,4-5,12-13H2,1H3. The second-order valence-corrected chi connectivity index (χ2v) is 7.34. The first-order valence-corrected chi connectivity index (χ1v) is 10.4. The number of ether oxygens (including phenoxy) is 2. The third-order valence-corrected chi connectivity index (χ3v) is 5.25. The van der Waals surface area contributed by atoms with Crippen molar-refractivity contribution in [3.05, 3.63) is 86.9 Å². The lowest BCUT2D eigenvalue weighted by atomic mass is 9.91. The number of methoxy groups -OCH3 is 1. The van der Waals surface area contributed by atoms with Crippen LogP contribution in [0.5, 0.6) is 5.75 Å². The maximum atomic E-state index is 12.5. The molecule has 4 rings (SSSR count). The molecule has 2 aliphatic rings. The van der Waals surface area contributed by atoms with Crippen molar-refractivity contribution in [2.75, 3.05) is 20.3 Å². The zero-order valence-corrected chi connectivity index (χ0v) is 18.0. The van der Waals surface area contributed by atoms with Crippen molar-refractivity contribution in [1.29, 1.82) is 0 Å². The highest BCUT2D eigenvalue weighted by molar-refractivity contribution is 6.07. The highest BCUT2D eigenvalue weighted by atomic mass is 16.5. The molecule has 0 N–H and O–H groups in total. The van der Waals surface area contributed by atoms with Gasteiger partial charge in [-0.15, -0.1) is 0 Å². The van der Waals surface area contributed by atoms with E-state index in [4.69, 9.17) is 19.4 Å². The van der Waals surface area contributed by atoms with Gasteiger partial charge in [0.15, 0.2) is 5.43 Å². The monoisotopic (exact) mass is 443 g/mol. The smallest absolute Gasteiger partial charge is 0.338 e. The van der Waals surface area contributed by atoms with Gasteiger partial charge in [-0.1, -0.05) is 23.3 Å². The molecule has 1 aliphatic heterocycles. The molecule has 166 valence electrons. The normalized spacial score (nSPS) is 10.7. The zero-order valence-electron chi connectivity index (χ0n) is 18.0. The van der Waals surface area contributed by atoms with E-state index < -0.39 is 5.97 Å². The van der Waals surface area contributed by atoms with Crippen LogP contribution in [0.25, 0.3) is 43.9 Å². The van der Waals surface area contributed by atoms with Crippen LogP contribution in [0.15, 0.2) is 75.0 Å². The van der Waals surface area contributed by atoms with Gasteiger partial charge in [-0.2, -0.15) is 0 Å². The maximum absolute atomic E-state index is 12.5. The molecule has 8 nitrogen and oxygen atoms in total. The Morgan fingerprint density at radius 1 is 1.06 bits per heavy atom. The first-order chi connectivity index (χ1) is 16.1. The zero-order chi connectivity index (χ0) is 23.2. The van der Waals surface area contributed by atoms with E-state index in [0.29, 0.717) is 46.9 Å². The van der Waals surface area contributed by atoms with Crippen molar-refractivity contribution in [2.45, 2.75) is 12.8 Å². The fraction of sp³-hybridized carbons (Fsp3) is 0.200. The molecule has 1 aliphatic carbocycles. The highest BCUT2D eigenvalue weighted by Gasteiger charge is 2.22. The number of esters is 1. The van der Waals surface area contributed by atoms with Crippen molar-refractivity contribution in [2.24, 2.45) is 5.11 Å². The molecule has 0 fully saturated rings. The van der Waals surface area contributed by atoms with Crippen LogP contribution < -0.4 is 10.2 Å². The molecule has 0 amide bonds. The lowest BCUT2D eigenvalue weighted by Crippen LogP contribution is -2.05. The lowest BCUT2D eigenvalue weighted by Gasteiger charge is -2.17. The van der Waals surface area contributed by atoms with E-state index in [0.717, 1.165) is 23.8 Å². The second-order valence-electron chi connectivity index (χ2n) is 7.34. The highest BCUT2D eigenvalue weighted by Crippen LogP contribution is 2.42. The number of fused-ring (bicyclic) bond motifs is 2. The van der Waals surface area contributed by atoms with Gasteiger partial charge < -0.3 is 13.9 Å². The number of hydrogen-bond donors (Lipinski definition) is 0. The van der Waals surface area contributed by atoms with Crippen LogP contribution in [0.2, 0.25) is 0 Å². The van der Waals surface area contributed by atoms with Gasteiger partial charge in [-0.3, -0.25) is 4.79 Å². The molecule has 0 radical (unpaired) electrons. The van der Waals surface area contributed by atoms with Gasteiger partial charge >= 0.3 is 5.97 Å². The van der Waals surface area contributed by atoms with Crippen molar-refractivity contribution in [1.82, 2.24) is 0 Å². The third kappa shape index (κ3) is 4.66. The minimum atomic E-state index is -0.450. The lowest BCUT2D eigenvalue weighted by molar-refractivity contribution is 0.0601. The fourth-order valence-electron chi connectivity index (χ4n) is 3.74. The largest absolute Gasteiger partial charge is 0.493 e. The van der Waals surface area contributed by atoms with Crippen LogP contribution in [-0.2, 0) is 4.74 Å². The van der Waals surface area contributed by atoms with E-state index in [1.807, 2.05) is 24.3 Å². The van der Waals surface area contributed by atoms with Gasteiger partial charge in [0.25, 0.3) is 0 Å². The van der Waals surface area contributed by atoms with Crippen LogP contribution in [0.4, 0.5) is 0 Å². The Bertz CT molecular complexity index is 1390. The van der Waals surface area contributed by atoms with Gasteiger partial charge in [0.1, 0.15) is 17.1 Å². The number of benzene rings is 3. The summed E-state index contributed by atoms with van der Waals surface area (Å²) in [5.41, 5.74) is 11.3.